The number of fused-ring (bicyclic) bond motifs is 2. The number of methoxy groups -OCH3 is 1. The van der Waals surface area contributed by atoms with E-state index < -0.39 is 6.04 Å². The first kappa shape index (κ1) is 17.9. The Kier molecular flexibility index (Phi) is 4.61. The van der Waals surface area contributed by atoms with Crippen molar-refractivity contribution in [3.8, 4) is 0 Å². The molecule has 6 heteroatoms. The Balaban J connectivity index is 1.94. The van der Waals surface area contributed by atoms with Crippen LogP contribution in [0, 0.1) is 0 Å². The van der Waals surface area contributed by atoms with Crippen LogP contribution in [0.1, 0.15) is 28.5 Å². The second-order valence-corrected chi connectivity index (χ2v) is 6.63. The lowest BCUT2D eigenvalue weighted by atomic mass is 10.0. The largest absolute Gasteiger partial charge is 0.469 e. The van der Waals surface area contributed by atoms with Crippen LogP contribution in [0.4, 0.5) is 11.4 Å². The molecule has 0 saturated heterocycles. The van der Waals surface area contributed by atoms with Gasteiger partial charge in [0.25, 0.3) is 5.91 Å². The molecule has 142 valence electrons. The minimum absolute atomic E-state index is 0.0568. The first-order valence-electron chi connectivity index (χ1n) is 9.07. The van der Waals surface area contributed by atoms with Crippen molar-refractivity contribution in [3.63, 3.8) is 0 Å². The minimum atomic E-state index is -0.499. The highest BCUT2D eigenvalue weighted by Gasteiger charge is 2.36. The second-order valence-electron chi connectivity index (χ2n) is 6.63. The van der Waals surface area contributed by atoms with Gasteiger partial charge in [0, 0.05) is 18.8 Å². The average Bonchev–Trinajstić information content (AvgIpc) is 3.20. The monoisotopic (exact) mass is 375 g/mol. The molecule has 6 nitrogen and oxygen atoms in total. The highest BCUT2D eigenvalue weighted by Crippen LogP contribution is 2.41. The number of rotatable bonds is 3. The summed E-state index contributed by atoms with van der Waals surface area (Å²) in [5.41, 5.74) is 3.02. The molecule has 1 aromatic heterocycles. The van der Waals surface area contributed by atoms with Crippen molar-refractivity contribution in [2.45, 2.75) is 12.5 Å². The number of para-hydroxylation sites is 2. The summed E-state index contributed by atoms with van der Waals surface area (Å²) in [5.74, 6) is -0.532. The molecule has 0 saturated carbocycles. The van der Waals surface area contributed by atoms with Crippen molar-refractivity contribution >= 4 is 23.3 Å². The Morgan fingerprint density at radius 1 is 0.929 bits per heavy atom. The molecule has 0 bridgehead atoms. The van der Waals surface area contributed by atoms with Gasteiger partial charge in [0.1, 0.15) is 0 Å². The predicted octanol–water partition coefficient (Wildman–Crippen LogP) is 3.65. The van der Waals surface area contributed by atoms with E-state index >= 15 is 0 Å². The van der Waals surface area contributed by atoms with Crippen molar-refractivity contribution < 1.29 is 14.3 Å². The van der Waals surface area contributed by atoms with Crippen molar-refractivity contribution in [3.05, 3.63) is 84.2 Å². The van der Waals surface area contributed by atoms with Crippen molar-refractivity contribution in [1.82, 2.24) is 4.68 Å². The lowest BCUT2D eigenvalue weighted by molar-refractivity contribution is -0.141. The fourth-order valence-corrected chi connectivity index (χ4v) is 3.69. The molecule has 1 amide bonds. The molecule has 0 N–H and O–H groups in total. The van der Waals surface area contributed by atoms with Crippen molar-refractivity contribution in [2.24, 2.45) is 0 Å². The van der Waals surface area contributed by atoms with Crippen LogP contribution in [0.2, 0.25) is 0 Å². The maximum absolute atomic E-state index is 13.6. The molecule has 4 rings (SSSR count). The molecular formula is C22H21N3O3. The van der Waals surface area contributed by atoms with Crippen molar-refractivity contribution in [1.29, 1.82) is 0 Å². The van der Waals surface area contributed by atoms with Crippen LogP contribution in [0.5, 0.6) is 0 Å². The zero-order valence-electron chi connectivity index (χ0n) is 15.8. The van der Waals surface area contributed by atoms with Crippen LogP contribution < -0.4 is 9.91 Å². The molecule has 3 aromatic rings. The number of aromatic nitrogens is 1. The fourth-order valence-electron chi connectivity index (χ4n) is 3.69. The maximum Gasteiger partial charge on any atom is 0.308 e. The Morgan fingerprint density at radius 3 is 2.32 bits per heavy atom. The zero-order valence-corrected chi connectivity index (χ0v) is 15.8. The Morgan fingerprint density at radius 2 is 1.61 bits per heavy atom. The summed E-state index contributed by atoms with van der Waals surface area (Å²) in [6, 6.07) is 20.2. The number of ether oxygens (including phenoxy) is 1. The Hall–Kier alpha value is -3.54. The summed E-state index contributed by atoms with van der Waals surface area (Å²) >= 11 is 0. The summed E-state index contributed by atoms with van der Waals surface area (Å²) in [6.45, 7) is 0. The lowest BCUT2D eigenvalue weighted by Gasteiger charge is -2.30. The normalized spacial score (nSPS) is 15.4. The van der Waals surface area contributed by atoms with E-state index in [0.29, 0.717) is 5.56 Å². The summed E-state index contributed by atoms with van der Waals surface area (Å²) in [4.78, 5) is 27.5. The second kappa shape index (κ2) is 7.23. The van der Waals surface area contributed by atoms with E-state index in [-0.39, 0.29) is 18.3 Å². The van der Waals surface area contributed by atoms with Gasteiger partial charge in [-0.2, -0.15) is 0 Å². The number of carbonyl (C=O) groups excluding carboxylic acids is 2. The van der Waals surface area contributed by atoms with Gasteiger partial charge >= 0.3 is 5.97 Å². The van der Waals surface area contributed by atoms with E-state index in [0.717, 1.165) is 17.1 Å². The molecule has 0 radical (unpaired) electrons. The molecule has 0 aliphatic carbocycles. The third-order valence-corrected chi connectivity index (χ3v) is 5.05. The quantitative estimate of drug-likeness (QED) is 0.656. The molecule has 2 heterocycles. The van der Waals surface area contributed by atoms with Gasteiger partial charge in [0.05, 0.1) is 36.6 Å². The van der Waals surface area contributed by atoms with Crippen LogP contribution in [0.3, 0.4) is 0 Å². The number of hydrogen-bond donors (Lipinski definition) is 0. The number of amides is 1. The summed E-state index contributed by atoms with van der Waals surface area (Å²) < 4.78 is 6.90. The number of nitrogens with zero attached hydrogens (tertiary/aromatic N) is 3. The molecule has 0 fully saturated rings. The van der Waals surface area contributed by atoms with Gasteiger partial charge in [0.15, 0.2) is 0 Å². The summed E-state index contributed by atoms with van der Waals surface area (Å²) in [5, 5.41) is 1.98. The maximum atomic E-state index is 13.6. The lowest BCUT2D eigenvalue weighted by Crippen LogP contribution is -2.36. The zero-order chi connectivity index (χ0) is 19.7. The van der Waals surface area contributed by atoms with Crippen LogP contribution in [-0.2, 0) is 9.53 Å². The molecular weight excluding hydrogens is 354 g/mol. The van der Waals surface area contributed by atoms with Gasteiger partial charge < -0.3 is 4.74 Å². The fraction of sp³-hybridized carbons (Fsp3) is 0.182. The molecule has 0 spiro atoms. The average molecular weight is 375 g/mol. The van der Waals surface area contributed by atoms with E-state index in [9.17, 15) is 9.59 Å². The highest BCUT2D eigenvalue weighted by atomic mass is 16.5. The standard InChI is InChI=1S/C22H21N3O3/c1-23-17-11-6-7-12-19(17)25(22(27)16-9-4-3-5-10-16)20(15-21(26)28-2)18-13-8-14-24(18)23/h3-14,20H,15H2,1-2H3. The first-order valence-corrected chi connectivity index (χ1v) is 9.07. The Bertz CT molecular complexity index is 1010. The summed E-state index contributed by atoms with van der Waals surface area (Å²) in [6.07, 6.45) is 1.98. The number of anilines is 2. The van der Waals surface area contributed by atoms with E-state index in [1.807, 2.05) is 77.5 Å². The van der Waals surface area contributed by atoms with Gasteiger partial charge in [-0.3, -0.25) is 24.2 Å². The molecule has 1 aliphatic rings. The predicted molar refractivity (Wildman–Crippen MR) is 107 cm³/mol. The van der Waals surface area contributed by atoms with Crippen LogP contribution >= 0.6 is 0 Å². The van der Waals surface area contributed by atoms with E-state index in [1.54, 1.807) is 17.0 Å². The van der Waals surface area contributed by atoms with E-state index in [1.165, 1.54) is 7.11 Å². The molecule has 2 aromatic carbocycles. The molecule has 28 heavy (non-hydrogen) atoms. The number of carbonyl (C=O) groups is 2. The van der Waals surface area contributed by atoms with Crippen LogP contribution in [-0.4, -0.2) is 30.7 Å². The van der Waals surface area contributed by atoms with Gasteiger partial charge in [0.2, 0.25) is 0 Å². The third-order valence-electron chi connectivity index (χ3n) is 5.05. The summed E-state index contributed by atoms with van der Waals surface area (Å²) in [7, 11) is 3.30. The smallest absolute Gasteiger partial charge is 0.308 e. The first-order chi connectivity index (χ1) is 13.6. The van der Waals surface area contributed by atoms with Gasteiger partial charge in [-0.25, -0.2) is 0 Å². The van der Waals surface area contributed by atoms with E-state index in [4.69, 9.17) is 4.74 Å². The third kappa shape index (κ3) is 2.93. The SMILES string of the molecule is COC(=O)CC1c2cccn2N(C)c2ccccc2N1C(=O)c1ccccc1. The minimum Gasteiger partial charge on any atom is -0.469 e. The highest BCUT2D eigenvalue weighted by molar-refractivity contribution is 6.08. The van der Waals surface area contributed by atoms with Crippen molar-refractivity contribution in [2.75, 3.05) is 24.1 Å². The molecule has 1 unspecified atom stereocenters. The molecule has 1 aliphatic heterocycles. The van der Waals surface area contributed by atoms with E-state index in [2.05, 4.69) is 0 Å². The van der Waals surface area contributed by atoms with Gasteiger partial charge in [-0.1, -0.05) is 30.3 Å². The Labute approximate surface area is 163 Å². The number of esters is 1. The van der Waals surface area contributed by atoms with Crippen LogP contribution in [0.15, 0.2) is 72.9 Å². The van der Waals surface area contributed by atoms with Gasteiger partial charge in [-0.15, -0.1) is 0 Å². The number of hydrogen-bond acceptors (Lipinski definition) is 4. The molecule has 1 atom stereocenters. The number of benzene rings is 2. The topological polar surface area (TPSA) is 54.8 Å². The van der Waals surface area contributed by atoms with Crippen LogP contribution in [0.25, 0.3) is 0 Å². The van der Waals surface area contributed by atoms with Gasteiger partial charge in [-0.05, 0) is 36.4 Å².